The van der Waals surface area contributed by atoms with Crippen LogP contribution in [0.5, 0.6) is 0 Å². The van der Waals surface area contributed by atoms with Crippen LogP contribution in [-0.2, 0) is 4.74 Å². The minimum absolute atomic E-state index is 0. The molecule has 23 heavy (non-hydrogen) atoms. The molecule has 1 N–H and O–H groups in total. The molecule has 4 heterocycles. The minimum atomic E-state index is 0. The van der Waals surface area contributed by atoms with Gasteiger partial charge in [0.25, 0.3) is 0 Å². The Labute approximate surface area is 157 Å². The molecule has 4 rings (SSSR count). The van der Waals surface area contributed by atoms with Gasteiger partial charge in [-0.3, -0.25) is 4.99 Å². The van der Waals surface area contributed by atoms with Crippen LogP contribution < -0.4 is 5.32 Å². The minimum Gasteiger partial charge on any atom is -0.374 e. The van der Waals surface area contributed by atoms with E-state index in [-0.39, 0.29) is 24.0 Å². The van der Waals surface area contributed by atoms with Gasteiger partial charge in [0.1, 0.15) is 0 Å². The molecule has 0 aliphatic carbocycles. The molecule has 5 atom stereocenters. The maximum Gasteiger partial charge on any atom is 0.193 e. The molecule has 0 aromatic rings. The van der Waals surface area contributed by atoms with E-state index in [0.717, 1.165) is 43.3 Å². The Bertz CT molecular complexity index is 428. The zero-order valence-corrected chi connectivity index (χ0v) is 16.7. The molecule has 0 spiro atoms. The normalized spacial score (nSPS) is 39.7. The van der Waals surface area contributed by atoms with Gasteiger partial charge in [-0.2, -0.15) is 0 Å². The summed E-state index contributed by atoms with van der Waals surface area (Å²) in [5, 5.41) is 3.65. The van der Waals surface area contributed by atoms with Crippen molar-refractivity contribution in [2.45, 2.75) is 38.4 Å². The lowest BCUT2D eigenvalue weighted by molar-refractivity contribution is 0.0767. The molecule has 4 saturated heterocycles. The van der Waals surface area contributed by atoms with E-state index in [1.807, 2.05) is 7.05 Å². The van der Waals surface area contributed by atoms with Crippen LogP contribution in [0.2, 0.25) is 0 Å². The summed E-state index contributed by atoms with van der Waals surface area (Å²) in [6.45, 7) is 9.28. The van der Waals surface area contributed by atoms with E-state index in [4.69, 9.17) is 4.74 Å². The molecular weight excluding hydrogens is 403 g/mol. The molecule has 6 heteroatoms. The molecule has 0 amide bonds. The van der Waals surface area contributed by atoms with E-state index in [1.165, 1.54) is 38.9 Å². The van der Waals surface area contributed by atoms with E-state index in [2.05, 4.69) is 27.0 Å². The van der Waals surface area contributed by atoms with E-state index in [0.29, 0.717) is 12.2 Å². The molecular formula is C17H31IN4O. The number of halogens is 1. The van der Waals surface area contributed by atoms with Crippen molar-refractivity contribution >= 4 is 29.9 Å². The van der Waals surface area contributed by atoms with E-state index >= 15 is 0 Å². The Morgan fingerprint density at radius 1 is 1.13 bits per heavy atom. The van der Waals surface area contributed by atoms with Crippen molar-refractivity contribution in [3.8, 4) is 0 Å². The maximum absolute atomic E-state index is 6.07. The Morgan fingerprint density at radius 2 is 1.83 bits per heavy atom. The number of hydrogen-bond donors (Lipinski definition) is 1. The first-order chi connectivity index (χ1) is 10.8. The number of guanidine groups is 1. The fourth-order valence-electron chi connectivity index (χ4n) is 5.07. The highest BCUT2D eigenvalue weighted by molar-refractivity contribution is 14.0. The SMILES string of the molecule is CCN1CCC(CNC(=NC)N2CC3C4CCC(O4)C3C2)C1.I. The third-order valence-corrected chi connectivity index (χ3v) is 6.33. The summed E-state index contributed by atoms with van der Waals surface area (Å²) < 4.78 is 6.07. The molecule has 0 radical (unpaired) electrons. The topological polar surface area (TPSA) is 40.1 Å². The van der Waals surface area contributed by atoms with Crippen molar-refractivity contribution in [2.75, 3.05) is 46.3 Å². The van der Waals surface area contributed by atoms with Gasteiger partial charge in [-0.25, -0.2) is 0 Å². The molecule has 5 nitrogen and oxygen atoms in total. The van der Waals surface area contributed by atoms with Gasteiger partial charge < -0.3 is 19.9 Å². The second-order valence-electron chi connectivity index (χ2n) is 7.50. The summed E-state index contributed by atoms with van der Waals surface area (Å²) in [7, 11) is 1.93. The lowest BCUT2D eigenvalue weighted by atomic mass is 9.82. The first-order valence-corrected chi connectivity index (χ1v) is 9.12. The van der Waals surface area contributed by atoms with Crippen molar-refractivity contribution in [1.29, 1.82) is 0 Å². The van der Waals surface area contributed by atoms with Crippen molar-refractivity contribution in [3.63, 3.8) is 0 Å². The fourth-order valence-corrected chi connectivity index (χ4v) is 5.07. The highest BCUT2D eigenvalue weighted by Crippen LogP contribution is 2.47. The van der Waals surface area contributed by atoms with E-state index < -0.39 is 0 Å². The van der Waals surface area contributed by atoms with E-state index in [1.54, 1.807) is 0 Å². The number of nitrogens with zero attached hydrogens (tertiary/aromatic N) is 3. The van der Waals surface area contributed by atoms with Gasteiger partial charge in [0.05, 0.1) is 12.2 Å². The molecule has 0 aromatic carbocycles. The lowest BCUT2D eigenvalue weighted by Gasteiger charge is -2.24. The van der Waals surface area contributed by atoms with Crippen molar-refractivity contribution in [1.82, 2.24) is 15.1 Å². The van der Waals surface area contributed by atoms with Gasteiger partial charge >= 0.3 is 0 Å². The summed E-state index contributed by atoms with van der Waals surface area (Å²) in [6.07, 6.45) is 4.94. The van der Waals surface area contributed by atoms with Gasteiger partial charge in [0, 0.05) is 45.1 Å². The first-order valence-electron chi connectivity index (χ1n) is 9.12. The quantitative estimate of drug-likeness (QED) is 0.417. The van der Waals surface area contributed by atoms with Crippen LogP contribution in [0.1, 0.15) is 26.2 Å². The van der Waals surface area contributed by atoms with Crippen LogP contribution in [0.25, 0.3) is 0 Å². The van der Waals surface area contributed by atoms with Crippen LogP contribution in [0.4, 0.5) is 0 Å². The molecule has 5 unspecified atom stereocenters. The second-order valence-corrected chi connectivity index (χ2v) is 7.50. The second kappa shape index (κ2) is 7.44. The van der Waals surface area contributed by atoms with Crippen LogP contribution in [0.3, 0.4) is 0 Å². The standard InChI is InChI=1S/C17H30N4O.HI/c1-3-20-7-6-12(9-20)8-19-17(18-2)21-10-13-14(11-21)16-5-4-15(13)22-16;/h12-16H,3-11H2,1-2H3,(H,18,19);1H. The van der Waals surface area contributed by atoms with Crippen LogP contribution in [0.15, 0.2) is 4.99 Å². The molecule has 0 aromatic heterocycles. The average Bonchev–Trinajstić information content (AvgIpc) is 3.29. The predicted octanol–water partition coefficient (Wildman–Crippen LogP) is 1.63. The number of likely N-dealkylation sites (tertiary alicyclic amines) is 2. The van der Waals surface area contributed by atoms with Crippen LogP contribution in [-0.4, -0.2) is 74.3 Å². The van der Waals surface area contributed by atoms with E-state index in [9.17, 15) is 0 Å². The number of rotatable bonds is 3. The van der Waals surface area contributed by atoms with Crippen molar-refractivity contribution in [3.05, 3.63) is 0 Å². The Kier molecular flexibility index (Phi) is 5.73. The molecule has 4 aliphatic heterocycles. The first kappa shape index (κ1) is 17.7. The number of ether oxygens (including phenoxy) is 1. The number of fused-ring (bicyclic) bond motifs is 5. The van der Waals surface area contributed by atoms with Crippen molar-refractivity contribution < 1.29 is 4.74 Å². The summed E-state index contributed by atoms with van der Waals surface area (Å²) in [6, 6.07) is 0. The number of nitrogens with one attached hydrogen (secondary N) is 1. The average molecular weight is 434 g/mol. The lowest BCUT2D eigenvalue weighted by Crippen LogP contribution is -2.43. The van der Waals surface area contributed by atoms with Gasteiger partial charge in [0.15, 0.2) is 5.96 Å². The van der Waals surface area contributed by atoms with Gasteiger partial charge in [-0.1, -0.05) is 6.92 Å². The monoisotopic (exact) mass is 434 g/mol. The third kappa shape index (κ3) is 3.35. The number of hydrogen-bond acceptors (Lipinski definition) is 3. The van der Waals surface area contributed by atoms with Gasteiger partial charge in [0.2, 0.25) is 0 Å². The van der Waals surface area contributed by atoms with Crippen LogP contribution >= 0.6 is 24.0 Å². The summed E-state index contributed by atoms with van der Waals surface area (Å²) >= 11 is 0. The Morgan fingerprint density at radius 3 is 2.39 bits per heavy atom. The van der Waals surface area contributed by atoms with Crippen LogP contribution in [0, 0.1) is 17.8 Å². The summed E-state index contributed by atoms with van der Waals surface area (Å²) in [5.74, 6) is 3.39. The Hall–Kier alpha value is -0.0800. The molecule has 4 aliphatic rings. The molecule has 132 valence electrons. The highest BCUT2D eigenvalue weighted by Gasteiger charge is 2.53. The van der Waals surface area contributed by atoms with Crippen molar-refractivity contribution in [2.24, 2.45) is 22.7 Å². The molecule has 4 fully saturated rings. The predicted molar refractivity (Wildman–Crippen MR) is 103 cm³/mol. The summed E-state index contributed by atoms with van der Waals surface area (Å²) in [5.41, 5.74) is 0. The Balaban J connectivity index is 0.00000156. The number of aliphatic imine (C=N–C) groups is 1. The highest BCUT2D eigenvalue weighted by atomic mass is 127. The maximum atomic E-state index is 6.07. The molecule has 0 saturated carbocycles. The fraction of sp³-hybridized carbons (Fsp3) is 0.941. The zero-order valence-electron chi connectivity index (χ0n) is 14.4. The summed E-state index contributed by atoms with van der Waals surface area (Å²) in [4.78, 5) is 9.57. The van der Waals surface area contributed by atoms with Gasteiger partial charge in [-0.05, 0) is 38.3 Å². The zero-order chi connectivity index (χ0) is 15.1. The smallest absolute Gasteiger partial charge is 0.193 e. The largest absolute Gasteiger partial charge is 0.374 e. The van der Waals surface area contributed by atoms with Gasteiger partial charge in [-0.15, -0.1) is 24.0 Å². The third-order valence-electron chi connectivity index (χ3n) is 6.33. The molecule has 2 bridgehead atoms.